The molecule has 23 heavy (non-hydrogen) atoms. The molecule has 0 aliphatic carbocycles. The van der Waals surface area contributed by atoms with E-state index in [4.69, 9.17) is 4.74 Å². The van der Waals surface area contributed by atoms with Crippen molar-refractivity contribution in [1.82, 2.24) is 9.47 Å². The molecule has 1 amide bonds. The van der Waals surface area contributed by atoms with Crippen LogP contribution in [0.2, 0.25) is 0 Å². The largest absolute Gasteiger partial charge is 0.465 e. The van der Waals surface area contributed by atoms with Crippen LogP contribution in [-0.2, 0) is 20.8 Å². The molecule has 1 aliphatic rings. The minimum absolute atomic E-state index is 0.173. The third kappa shape index (κ3) is 3.72. The molecule has 0 atom stereocenters. The van der Waals surface area contributed by atoms with Gasteiger partial charge in [-0.2, -0.15) is 0 Å². The first-order chi connectivity index (χ1) is 10.9. The van der Waals surface area contributed by atoms with Gasteiger partial charge < -0.3 is 14.4 Å². The zero-order chi connectivity index (χ0) is 17.0. The van der Waals surface area contributed by atoms with E-state index < -0.39 is 28.7 Å². The molecular weight excluding hydrogens is 310 g/mol. The molecular formula is C13H15N3O7. The van der Waals surface area contributed by atoms with E-state index in [1.807, 2.05) is 0 Å². The van der Waals surface area contributed by atoms with Gasteiger partial charge in [0.15, 0.2) is 0 Å². The van der Waals surface area contributed by atoms with Crippen molar-refractivity contribution in [1.29, 1.82) is 0 Å². The quantitative estimate of drug-likeness (QED) is 0.412. The van der Waals surface area contributed by atoms with Gasteiger partial charge in [-0.05, 0) is 0 Å². The highest BCUT2D eigenvalue weighted by Crippen LogP contribution is 2.10. The molecule has 1 aliphatic heterocycles. The highest BCUT2D eigenvalue weighted by atomic mass is 16.6. The van der Waals surface area contributed by atoms with E-state index in [0.717, 1.165) is 23.9 Å². The minimum Gasteiger partial charge on any atom is -0.465 e. The van der Waals surface area contributed by atoms with E-state index in [9.17, 15) is 24.5 Å². The molecule has 0 aromatic carbocycles. The van der Waals surface area contributed by atoms with Gasteiger partial charge in [0, 0.05) is 25.4 Å². The average Bonchev–Trinajstić information content (AvgIpc) is 2.56. The maximum Gasteiger partial charge on any atom is 0.339 e. The van der Waals surface area contributed by atoms with Gasteiger partial charge in [-0.25, -0.2) is 4.79 Å². The summed E-state index contributed by atoms with van der Waals surface area (Å²) in [5.41, 5.74) is -1.92. The van der Waals surface area contributed by atoms with Crippen LogP contribution < -0.4 is 5.56 Å². The molecule has 0 N–H and O–H groups in total. The van der Waals surface area contributed by atoms with Crippen LogP contribution in [0.25, 0.3) is 0 Å². The van der Waals surface area contributed by atoms with Crippen LogP contribution >= 0.6 is 0 Å². The molecule has 10 heteroatoms. The van der Waals surface area contributed by atoms with Crippen molar-refractivity contribution < 1.29 is 24.0 Å². The topological polar surface area (TPSA) is 121 Å². The Labute approximate surface area is 130 Å². The second kappa shape index (κ2) is 7.01. The summed E-state index contributed by atoms with van der Waals surface area (Å²) >= 11 is 0. The molecule has 2 heterocycles. The number of nitro groups is 1. The first kappa shape index (κ1) is 16.6. The zero-order valence-electron chi connectivity index (χ0n) is 12.4. The Morgan fingerprint density at radius 1 is 1.39 bits per heavy atom. The fraction of sp³-hybridized carbons (Fsp3) is 0.462. The van der Waals surface area contributed by atoms with Gasteiger partial charge in [0.25, 0.3) is 0 Å². The van der Waals surface area contributed by atoms with E-state index in [1.165, 1.54) is 4.90 Å². The number of morpholine rings is 1. The zero-order valence-corrected chi connectivity index (χ0v) is 12.4. The number of hydrogen-bond donors (Lipinski definition) is 0. The van der Waals surface area contributed by atoms with Crippen LogP contribution in [0, 0.1) is 10.1 Å². The summed E-state index contributed by atoms with van der Waals surface area (Å²) in [6.45, 7) is 1.15. The monoisotopic (exact) mass is 325 g/mol. The number of carbonyl (C=O) groups excluding carboxylic acids is 2. The molecule has 1 aromatic heterocycles. The second-order valence-corrected chi connectivity index (χ2v) is 4.79. The smallest absolute Gasteiger partial charge is 0.339 e. The van der Waals surface area contributed by atoms with E-state index >= 15 is 0 Å². The lowest BCUT2D eigenvalue weighted by atomic mass is 10.2. The Morgan fingerprint density at radius 3 is 2.61 bits per heavy atom. The van der Waals surface area contributed by atoms with Crippen molar-refractivity contribution in [3.05, 3.63) is 38.3 Å². The summed E-state index contributed by atoms with van der Waals surface area (Å²) in [6.07, 6.45) is 1.08. The van der Waals surface area contributed by atoms with Crippen LogP contribution in [0.4, 0.5) is 5.69 Å². The standard InChI is InChI=1S/C13H15N3O7/c1-22-13(19)9-6-10(16(20)21)12(18)15(7-9)8-11(17)14-2-4-23-5-3-14/h6-7H,2-5,8H2,1H3. The number of nitrogens with zero attached hydrogens (tertiary/aromatic N) is 3. The van der Waals surface area contributed by atoms with Gasteiger partial charge in [0.1, 0.15) is 6.54 Å². The lowest BCUT2D eigenvalue weighted by Crippen LogP contribution is -2.43. The summed E-state index contributed by atoms with van der Waals surface area (Å²) < 4.78 is 10.5. The molecule has 1 saturated heterocycles. The molecule has 1 aromatic rings. The van der Waals surface area contributed by atoms with Gasteiger partial charge in [0.2, 0.25) is 5.91 Å². The maximum absolute atomic E-state index is 12.2. The van der Waals surface area contributed by atoms with E-state index in [2.05, 4.69) is 4.74 Å². The third-order valence-corrected chi connectivity index (χ3v) is 3.35. The SMILES string of the molecule is COC(=O)c1cc([N+](=O)[O-])c(=O)n(CC(=O)N2CCOCC2)c1. The van der Waals surface area contributed by atoms with Gasteiger partial charge in [-0.1, -0.05) is 0 Å². The maximum atomic E-state index is 12.2. The van der Waals surface area contributed by atoms with Crippen molar-refractivity contribution in [2.75, 3.05) is 33.4 Å². The van der Waals surface area contributed by atoms with Crippen molar-refractivity contribution in [2.45, 2.75) is 6.54 Å². The Kier molecular flexibility index (Phi) is 5.06. The number of rotatable bonds is 4. The first-order valence-electron chi connectivity index (χ1n) is 6.76. The van der Waals surface area contributed by atoms with Crippen molar-refractivity contribution >= 4 is 17.6 Å². The number of pyridine rings is 1. The predicted octanol–water partition coefficient (Wildman–Crippen LogP) is -0.598. The van der Waals surface area contributed by atoms with Crippen LogP contribution in [0.3, 0.4) is 0 Å². The number of hydrogen-bond acceptors (Lipinski definition) is 7. The van der Waals surface area contributed by atoms with Crippen molar-refractivity contribution in [3.63, 3.8) is 0 Å². The molecule has 0 radical (unpaired) electrons. The lowest BCUT2D eigenvalue weighted by molar-refractivity contribution is -0.386. The Morgan fingerprint density at radius 2 is 2.04 bits per heavy atom. The Balaban J connectivity index is 2.34. The van der Waals surface area contributed by atoms with Crippen LogP contribution in [0.15, 0.2) is 17.1 Å². The number of esters is 1. The Hall–Kier alpha value is -2.75. The number of carbonyl (C=O) groups is 2. The summed E-state index contributed by atoms with van der Waals surface area (Å²) in [4.78, 5) is 47.4. The first-order valence-corrected chi connectivity index (χ1v) is 6.76. The summed E-state index contributed by atoms with van der Waals surface area (Å²) in [5, 5.41) is 11.0. The van der Waals surface area contributed by atoms with E-state index in [0.29, 0.717) is 26.3 Å². The fourth-order valence-electron chi connectivity index (χ4n) is 2.16. The van der Waals surface area contributed by atoms with E-state index in [-0.39, 0.29) is 11.5 Å². The van der Waals surface area contributed by atoms with Crippen molar-refractivity contribution in [3.8, 4) is 0 Å². The second-order valence-electron chi connectivity index (χ2n) is 4.79. The predicted molar refractivity (Wildman–Crippen MR) is 76.1 cm³/mol. The normalized spacial score (nSPS) is 14.4. The van der Waals surface area contributed by atoms with Gasteiger partial charge in [0.05, 0.1) is 30.8 Å². The third-order valence-electron chi connectivity index (χ3n) is 3.35. The number of amides is 1. The number of ether oxygens (including phenoxy) is 2. The highest BCUT2D eigenvalue weighted by molar-refractivity contribution is 5.89. The number of methoxy groups -OCH3 is 1. The van der Waals surface area contributed by atoms with Gasteiger partial charge in [-0.15, -0.1) is 0 Å². The molecule has 2 rings (SSSR count). The molecule has 124 valence electrons. The summed E-state index contributed by atoms with van der Waals surface area (Å²) in [5.74, 6) is -1.22. The van der Waals surface area contributed by atoms with Gasteiger partial charge in [-0.3, -0.25) is 24.3 Å². The summed E-state index contributed by atoms with van der Waals surface area (Å²) in [6, 6.07) is 0.837. The molecule has 1 fully saturated rings. The Bertz CT molecular complexity index is 691. The minimum atomic E-state index is -0.954. The van der Waals surface area contributed by atoms with E-state index in [1.54, 1.807) is 0 Å². The highest BCUT2D eigenvalue weighted by Gasteiger charge is 2.23. The number of aromatic nitrogens is 1. The van der Waals surface area contributed by atoms with Crippen LogP contribution in [-0.4, -0.2) is 59.7 Å². The fourth-order valence-corrected chi connectivity index (χ4v) is 2.16. The van der Waals surface area contributed by atoms with Crippen LogP contribution in [0.5, 0.6) is 0 Å². The molecule has 10 nitrogen and oxygen atoms in total. The van der Waals surface area contributed by atoms with Crippen LogP contribution in [0.1, 0.15) is 10.4 Å². The molecule has 0 spiro atoms. The lowest BCUT2D eigenvalue weighted by Gasteiger charge is -2.27. The molecule has 0 unspecified atom stereocenters. The average molecular weight is 325 g/mol. The molecule has 0 bridgehead atoms. The van der Waals surface area contributed by atoms with Crippen molar-refractivity contribution in [2.24, 2.45) is 0 Å². The molecule has 0 saturated carbocycles. The van der Waals surface area contributed by atoms with Gasteiger partial charge >= 0.3 is 17.2 Å². The summed E-state index contributed by atoms with van der Waals surface area (Å²) in [7, 11) is 1.11.